The van der Waals surface area contributed by atoms with Crippen LogP contribution in [0.5, 0.6) is 5.75 Å². The number of hydrogen-bond donors (Lipinski definition) is 1. The summed E-state index contributed by atoms with van der Waals surface area (Å²) in [6, 6.07) is 12.3. The summed E-state index contributed by atoms with van der Waals surface area (Å²) in [5.74, 6) is 0.643. The molecular weight excluding hydrogens is 476 g/mol. The van der Waals surface area contributed by atoms with Gasteiger partial charge in [0.05, 0.1) is 17.1 Å². The van der Waals surface area contributed by atoms with E-state index in [4.69, 9.17) is 11.6 Å². The Kier molecular flexibility index (Phi) is 6.44. The quantitative estimate of drug-likeness (QED) is 0.459. The largest absolute Gasteiger partial charge is 0.573 e. The summed E-state index contributed by atoms with van der Waals surface area (Å²) < 4.78 is 43.7. The van der Waals surface area contributed by atoms with Crippen molar-refractivity contribution < 1.29 is 17.9 Å². The minimum Gasteiger partial charge on any atom is -0.406 e. The summed E-state index contributed by atoms with van der Waals surface area (Å²) in [5, 5.41) is 11.5. The first-order valence-corrected chi connectivity index (χ1v) is 10.7. The van der Waals surface area contributed by atoms with Gasteiger partial charge in [-0.25, -0.2) is 0 Å². The molecule has 2 heterocycles. The minimum atomic E-state index is -4.71. The number of aromatic nitrogens is 3. The van der Waals surface area contributed by atoms with Crippen LogP contribution in [-0.2, 0) is 18.0 Å². The van der Waals surface area contributed by atoms with Crippen molar-refractivity contribution in [2.75, 3.05) is 0 Å². The predicted molar refractivity (Wildman–Crippen MR) is 122 cm³/mol. The number of ether oxygens (including phenoxy) is 1. The van der Waals surface area contributed by atoms with E-state index >= 15 is 0 Å². The number of benzene rings is 2. The third-order valence-electron chi connectivity index (χ3n) is 5.97. The van der Waals surface area contributed by atoms with Crippen molar-refractivity contribution in [2.45, 2.75) is 43.6 Å². The fourth-order valence-corrected chi connectivity index (χ4v) is 4.66. The average molecular weight is 497 g/mol. The Morgan fingerprint density at radius 3 is 2.73 bits per heavy atom. The highest BCUT2D eigenvalue weighted by Gasteiger charge is 2.34. The van der Waals surface area contributed by atoms with E-state index in [1.54, 1.807) is 18.5 Å². The van der Waals surface area contributed by atoms with Gasteiger partial charge < -0.3 is 10.1 Å². The molecule has 3 aromatic rings. The van der Waals surface area contributed by atoms with E-state index in [0.29, 0.717) is 32.4 Å². The van der Waals surface area contributed by atoms with Crippen LogP contribution in [0, 0.1) is 0 Å². The summed E-state index contributed by atoms with van der Waals surface area (Å²) in [7, 11) is 0. The van der Waals surface area contributed by atoms with Gasteiger partial charge in [-0.05, 0) is 59.7 Å². The Labute approximate surface area is 200 Å². The van der Waals surface area contributed by atoms with E-state index in [1.807, 2.05) is 22.8 Å². The molecule has 1 atom stereocenters. The lowest BCUT2D eigenvalue weighted by Crippen LogP contribution is -2.22. The van der Waals surface area contributed by atoms with Gasteiger partial charge in [-0.2, -0.15) is 0 Å². The number of alkyl halides is 4. The number of nitrogens with one attached hydrogen (secondary N) is 1. The van der Waals surface area contributed by atoms with Crippen molar-refractivity contribution in [1.29, 1.82) is 0 Å². The van der Waals surface area contributed by atoms with Gasteiger partial charge in [0.1, 0.15) is 12.1 Å². The second-order valence-corrected chi connectivity index (χ2v) is 8.76. The molecule has 1 aliphatic carbocycles. The molecule has 0 saturated carbocycles. The van der Waals surface area contributed by atoms with Gasteiger partial charge in [-0.1, -0.05) is 30.3 Å². The standard InChI is InChI=1S/C23H20ClF3N4O.ClH/c24-22(18-4-5-20-17(10-18)12-28-13-21-30-29-14-31(20)21)8-6-15(7-9-22)16-2-1-3-19(11-16)32-23(25,26)27;/h1-6,10-11,14,28H,7-9,12-13H2;1H. The van der Waals surface area contributed by atoms with Crippen LogP contribution in [0.1, 0.15) is 41.8 Å². The van der Waals surface area contributed by atoms with Crippen LogP contribution in [0.4, 0.5) is 13.2 Å². The van der Waals surface area contributed by atoms with Gasteiger partial charge >= 0.3 is 6.36 Å². The zero-order valence-electron chi connectivity index (χ0n) is 17.4. The zero-order chi connectivity index (χ0) is 22.3. The van der Waals surface area contributed by atoms with Crippen molar-refractivity contribution in [3.8, 4) is 11.4 Å². The Morgan fingerprint density at radius 2 is 1.97 bits per heavy atom. The molecule has 5 rings (SSSR count). The second kappa shape index (κ2) is 9.00. The number of allylic oxidation sites excluding steroid dienone is 2. The van der Waals surface area contributed by atoms with Crippen molar-refractivity contribution in [1.82, 2.24) is 20.1 Å². The van der Waals surface area contributed by atoms with Crippen molar-refractivity contribution in [3.63, 3.8) is 0 Å². The molecule has 0 saturated heterocycles. The van der Waals surface area contributed by atoms with E-state index in [2.05, 4.69) is 26.3 Å². The van der Waals surface area contributed by atoms with Crippen molar-refractivity contribution in [3.05, 3.63) is 77.4 Å². The molecule has 2 aliphatic rings. The van der Waals surface area contributed by atoms with Gasteiger partial charge in [0.15, 0.2) is 5.82 Å². The molecule has 0 radical (unpaired) electrons. The minimum absolute atomic E-state index is 0. The van der Waals surface area contributed by atoms with Crippen LogP contribution in [0.15, 0.2) is 54.9 Å². The molecule has 33 heavy (non-hydrogen) atoms. The van der Waals surface area contributed by atoms with Crippen LogP contribution in [0.3, 0.4) is 0 Å². The maximum atomic E-state index is 12.5. The Hall–Kier alpha value is -2.55. The first-order valence-electron chi connectivity index (χ1n) is 10.3. The lowest BCUT2D eigenvalue weighted by molar-refractivity contribution is -0.274. The molecule has 174 valence electrons. The van der Waals surface area contributed by atoms with Gasteiger partial charge in [-0.3, -0.25) is 4.57 Å². The second-order valence-electron chi connectivity index (χ2n) is 8.04. The molecule has 0 bridgehead atoms. The SMILES string of the molecule is Cl.FC(F)(F)Oc1cccc(C2=CCC(Cl)(c3ccc4c(c3)CNCc3nncn3-4)CC2)c1. The smallest absolute Gasteiger partial charge is 0.406 e. The summed E-state index contributed by atoms with van der Waals surface area (Å²) >= 11 is 7.06. The number of rotatable bonds is 3. The summed E-state index contributed by atoms with van der Waals surface area (Å²) in [6.45, 7) is 1.34. The Balaban J connectivity index is 0.00000259. The van der Waals surface area contributed by atoms with Gasteiger partial charge in [0.25, 0.3) is 0 Å². The highest BCUT2D eigenvalue weighted by molar-refractivity contribution is 6.24. The van der Waals surface area contributed by atoms with E-state index in [9.17, 15) is 13.2 Å². The molecular formula is C23H21Cl2F3N4O. The zero-order valence-corrected chi connectivity index (χ0v) is 19.0. The van der Waals surface area contributed by atoms with Gasteiger partial charge in [0, 0.05) is 6.54 Å². The number of fused-ring (bicyclic) bond motifs is 3. The van der Waals surface area contributed by atoms with E-state index in [1.165, 1.54) is 12.1 Å². The highest BCUT2D eigenvalue weighted by atomic mass is 35.5. The number of nitrogens with zero attached hydrogens (tertiary/aromatic N) is 3. The first kappa shape index (κ1) is 23.6. The van der Waals surface area contributed by atoms with Crippen LogP contribution >= 0.6 is 24.0 Å². The molecule has 1 N–H and O–H groups in total. The Bertz CT molecular complexity index is 1190. The normalized spacial score (nSPS) is 20.1. The third kappa shape index (κ3) is 4.88. The lowest BCUT2D eigenvalue weighted by atomic mass is 9.81. The molecule has 0 amide bonds. The van der Waals surface area contributed by atoms with E-state index in [-0.39, 0.29) is 18.2 Å². The fourth-order valence-electron chi connectivity index (χ4n) is 4.37. The van der Waals surface area contributed by atoms with Crippen LogP contribution in [0.25, 0.3) is 11.3 Å². The van der Waals surface area contributed by atoms with Crippen LogP contribution in [-0.4, -0.2) is 21.1 Å². The topological polar surface area (TPSA) is 52.0 Å². The monoisotopic (exact) mass is 496 g/mol. The van der Waals surface area contributed by atoms with E-state index < -0.39 is 11.2 Å². The highest BCUT2D eigenvalue weighted by Crippen LogP contribution is 2.45. The van der Waals surface area contributed by atoms with E-state index in [0.717, 1.165) is 33.8 Å². The molecule has 2 aromatic carbocycles. The maximum absolute atomic E-state index is 12.5. The van der Waals surface area contributed by atoms with Crippen molar-refractivity contribution in [2.24, 2.45) is 0 Å². The first-order chi connectivity index (χ1) is 15.3. The van der Waals surface area contributed by atoms with Crippen LogP contribution < -0.4 is 10.1 Å². The molecule has 1 aromatic heterocycles. The lowest BCUT2D eigenvalue weighted by Gasteiger charge is -2.32. The molecule has 1 unspecified atom stereocenters. The molecule has 5 nitrogen and oxygen atoms in total. The summed E-state index contributed by atoms with van der Waals surface area (Å²) in [5.41, 5.74) is 4.87. The number of halogens is 5. The predicted octanol–water partition coefficient (Wildman–Crippen LogP) is 5.89. The van der Waals surface area contributed by atoms with Gasteiger partial charge in [0.2, 0.25) is 0 Å². The third-order valence-corrected chi connectivity index (χ3v) is 6.54. The molecule has 10 heteroatoms. The molecule has 0 spiro atoms. The molecule has 1 aliphatic heterocycles. The fraction of sp³-hybridized carbons (Fsp3) is 0.304. The van der Waals surface area contributed by atoms with Crippen LogP contribution in [0.2, 0.25) is 0 Å². The van der Waals surface area contributed by atoms with Gasteiger partial charge in [-0.15, -0.1) is 47.4 Å². The Morgan fingerprint density at radius 1 is 1.12 bits per heavy atom. The number of hydrogen-bond acceptors (Lipinski definition) is 4. The summed E-state index contributed by atoms with van der Waals surface area (Å²) in [4.78, 5) is -0.569. The molecule has 0 fully saturated rings. The van der Waals surface area contributed by atoms with Crippen molar-refractivity contribution >= 4 is 29.6 Å². The maximum Gasteiger partial charge on any atom is 0.573 e. The summed E-state index contributed by atoms with van der Waals surface area (Å²) in [6.07, 6.45) is 0.935. The average Bonchev–Trinajstić information content (AvgIpc) is 3.14.